The van der Waals surface area contributed by atoms with Crippen LogP contribution in [0.3, 0.4) is 0 Å². The van der Waals surface area contributed by atoms with Crippen molar-refractivity contribution in [2.45, 2.75) is 19.4 Å². The number of amides is 1. The molecule has 0 bridgehead atoms. The number of para-hydroxylation sites is 1. The predicted molar refractivity (Wildman–Crippen MR) is 77.9 cm³/mol. The number of nitrogen functional groups attached to an aromatic ring is 1. The Morgan fingerprint density at radius 2 is 1.74 bits per heavy atom. The third-order valence-electron chi connectivity index (χ3n) is 2.97. The molecule has 0 spiro atoms. The van der Waals surface area contributed by atoms with E-state index in [9.17, 15) is 4.79 Å². The standard InChI is InChI=1S/C16H18N2O/c1-12(11-13-7-3-2-4-8-13)18-16(19)14-9-5-6-10-15(14)17/h2-10,12H,11,17H2,1H3,(H,18,19). The summed E-state index contributed by atoms with van der Waals surface area (Å²) in [5.74, 6) is -0.124. The molecule has 98 valence electrons. The smallest absolute Gasteiger partial charge is 0.253 e. The summed E-state index contributed by atoms with van der Waals surface area (Å²) in [5, 5.41) is 2.97. The van der Waals surface area contributed by atoms with Crippen LogP contribution in [0.4, 0.5) is 5.69 Å². The highest BCUT2D eigenvalue weighted by atomic mass is 16.1. The number of nitrogens with one attached hydrogen (secondary N) is 1. The number of carbonyl (C=O) groups is 1. The highest BCUT2D eigenvalue weighted by Crippen LogP contribution is 2.11. The first-order valence-electron chi connectivity index (χ1n) is 6.36. The van der Waals surface area contributed by atoms with Crippen LogP contribution in [0.5, 0.6) is 0 Å². The van der Waals surface area contributed by atoms with E-state index < -0.39 is 0 Å². The molecule has 2 aromatic rings. The third kappa shape index (κ3) is 3.58. The summed E-state index contributed by atoms with van der Waals surface area (Å²) >= 11 is 0. The fraction of sp³-hybridized carbons (Fsp3) is 0.188. The number of hydrogen-bond acceptors (Lipinski definition) is 2. The van der Waals surface area contributed by atoms with Gasteiger partial charge in [0.25, 0.3) is 5.91 Å². The van der Waals surface area contributed by atoms with Crippen LogP contribution in [0.25, 0.3) is 0 Å². The maximum absolute atomic E-state index is 12.1. The molecule has 3 N–H and O–H groups in total. The Kier molecular flexibility index (Phi) is 4.18. The molecule has 0 fully saturated rings. The van der Waals surface area contributed by atoms with E-state index in [0.29, 0.717) is 11.3 Å². The van der Waals surface area contributed by atoms with Crippen LogP contribution in [0, 0.1) is 0 Å². The molecule has 0 aliphatic carbocycles. The van der Waals surface area contributed by atoms with Gasteiger partial charge >= 0.3 is 0 Å². The summed E-state index contributed by atoms with van der Waals surface area (Å²) in [5.41, 5.74) is 8.03. The van der Waals surface area contributed by atoms with E-state index in [-0.39, 0.29) is 11.9 Å². The van der Waals surface area contributed by atoms with Crippen molar-refractivity contribution in [3.8, 4) is 0 Å². The van der Waals surface area contributed by atoms with Crippen molar-refractivity contribution < 1.29 is 4.79 Å². The molecule has 2 aromatic carbocycles. The van der Waals surface area contributed by atoms with Crippen LogP contribution in [0.15, 0.2) is 54.6 Å². The quantitative estimate of drug-likeness (QED) is 0.824. The van der Waals surface area contributed by atoms with Crippen LogP contribution in [-0.2, 0) is 6.42 Å². The van der Waals surface area contributed by atoms with Crippen molar-refractivity contribution in [3.63, 3.8) is 0 Å². The van der Waals surface area contributed by atoms with E-state index in [1.54, 1.807) is 12.1 Å². The Bertz CT molecular complexity index is 552. The van der Waals surface area contributed by atoms with Gasteiger partial charge in [0.15, 0.2) is 0 Å². The topological polar surface area (TPSA) is 55.1 Å². The van der Waals surface area contributed by atoms with Crippen molar-refractivity contribution in [1.82, 2.24) is 5.32 Å². The van der Waals surface area contributed by atoms with Crippen molar-refractivity contribution >= 4 is 11.6 Å². The molecule has 1 atom stereocenters. The van der Waals surface area contributed by atoms with E-state index in [1.807, 2.05) is 37.3 Å². The van der Waals surface area contributed by atoms with Crippen molar-refractivity contribution in [2.24, 2.45) is 0 Å². The minimum absolute atomic E-state index is 0.0644. The predicted octanol–water partition coefficient (Wildman–Crippen LogP) is 2.63. The number of anilines is 1. The normalized spacial score (nSPS) is 11.8. The molecule has 0 saturated carbocycles. The molecule has 1 unspecified atom stereocenters. The lowest BCUT2D eigenvalue weighted by molar-refractivity contribution is 0.0941. The van der Waals surface area contributed by atoms with Crippen molar-refractivity contribution in [1.29, 1.82) is 0 Å². The fourth-order valence-corrected chi connectivity index (χ4v) is 2.02. The number of carbonyl (C=O) groups excluding carboxylic acids is 1. The second-order valence-corrected chi connectivity index (χ2v) is 4.65. The van der Waals surface area contributed by atoms with Crippen LogP contribution < -0.4 is 11.1 Å². The van der Waals surface area contributed by atoms with Crippen molar-refractivity contribution in [3.05, 3.63) is 65.7 Å². The molecule has 3 nitrogen and oxygen atoms in total. The number of nitrogens with two attached hydrogens (primary N) is 1. The second kappa shape index (κ2) is 6.05. The Morgan fingerprint density at radius 1 is 1.11 bits per heavy atom. The number of hydrogen-bond donors (Lipinski definition) is 2. The lowest BCUT2D eigenvalue weighted by Crippen LogP contribution is -2.34. The fourth-order valence-electron chi connectivity index (χ4n) is 2.02. The largest absolute Gasteiger partial charge is 0.398 e. The van der Waals surface area contributed by atoms with Crippen LogP contribution >= 0.6 is 0 Å². The number of benzene rings is 2. The molecule has 19 heavy (non-hydrogen) atoms. The van der Waals surface area contributed by atoms with E-state index in [2.05, 4.69) is 17.4 Å². The molecule has 0 aromatic heterocycles. The first-order valence-corrected chi connectivity index (χ1v) is 6.36. The van der Waals surface area contributed by atoms with Crippen LogP contribution in [0.2, 0.25) is 0 Å². The van der Waals surface area contributed by atoms with E-state index in [0.717, 1.165) is 6.42 Å². The molecule has 1 amide bonds. The summed E-state index contributed by atoms with van der Waals surface area (Å²) in [4.78, 5) is 12.1. The maximum atomic E-state index is 12.1. The summed E-state index contributed by atoms with van der Waals surface area (Å²) in [7, 11) is 0. The maximum Gasteiger partial charge on any atom is 0.253 e. The molecule has 0 aliphatic rings. The highest BCUT2D eigenvalue weighted by Gasteiger charge is 2.12. The lowest BCUT2D eigenvalue weighted by atomic mass is 10.1. The molecule has 0 saturated heterocycles. The van der Waals surface area contributed by atoms with Gasteiger partial charge in [-0.3, -0.25) is 4.79 Å². The molecule has 0 aliphatic heterocycles. The van der Waals surface area contributed by atoms with Gasteiger partial charge in [0.2, 0.25) is 0 Å². The van der Waals surface area contributed by atoms with Gasteiger partial charge in [0, 0.05) is 11.7 Å². The first-order chi connectivity index (χ1) is 9.16. The van der Waals surface area contributed by atoms with E-state index >= 15 is 0 Å². The van der Waals surface area contributed by atoms with E-state index in [1.165, 1.54) is 5.56 Å². The zero-order valence-corrected chi connectivity index (χ0v) is 11.0. The summed E-state index contributed by atoms with van der Waals surface area (Å²) < 4.78 is 0. The Morgan fingerprint density at radius 3 is 2.42 bits per heavy atom. The molecule has 0 heterocycles. The van der Waals surface area contributed by atoms with Crippen LogP contribution in [0.1, 0.15) is 22.8 Å². The molecule has 3 heteroatoms. The van der Waals surface area contributed by atoms with Gasteiger partial charge in [-0.1, -0.05) is 42.5 Å². The van der Waals surface area contributed by atoms with Gasteiger partial charge in [-0.25, -0.2) is 0 Å². The summed E-state index contributed by atoms with van der Waals surface area (Å²) in [6.07, 6.45) is 0.805. The van der Waals surface area contributed by atoms with E-state index in [4.69, 9.17) is 5.73 Å². The Labute approximate surface area is 113 Å². The molecule has 0 radical (unpaired) electrons. The molecular weight excluding hydrogens is 236 g/mol. The second-order valence-electron chi connectivity index (χ2n) is 4.65. The van der Waals surface area contributed by atoms with Gasteiger partial charge in [-0.2, -0.15) is 0 Å². The zero-order chi connectivity index (χ0) is 13.7. The summed E-state index contributed by atoms with van der Waals surface area (Å²) in [6, 6.07) is 17.3. The highest BCUT2D eigenvalue weighted by molar-refractivity contribution is 5.99. The van der Waals surface area contributed by atoms with Gasteiger partial charge in [0.05, 0.1) is 5.56 Å². The van der Waals surface area contributed by atoms with Gasteiger partial charge < -0.3 is 11.1 Å². The first kappa shape index (κ1) is 13.1. The minimum Gasteiger partial charge on any atom is -0.398 e. The monoisotopic (exact) mass is 254 g/mol. The SMILES string of the molecule is CC(Cc1ccccc1)NC(=O)c1ccccc1N. The average Bonchev–Trinajstić information content (AvgIpc) is 2.40. The average molecular weight is 254 g/mol. The number of rotatable bonds is 4. The zero-order valence-electron chi connectivity index (χ0n) is 11.0. The van der Waals surface area contributed by atoms with Gasteiger partial charge in [-0.05, 0) is 31.0 Å². The van der Waals surface area contributed by atoms with Crippen molar-refractivity contribution in [2.75, 3.05) is 5.73 Å². The Balaban J connectivity index is 1.98. The van der Waals surface area contributed by atoms with Gasteiger partial charge in [-0.15, -0.1) is 0 Å². The summed E-state index contributed by atoms with van der Waals surface area (Å²) in [6.45, 7) is 1.99. The van der Waals surface area contributed by atoms with Gasteiger partial charge in [0.1, 0.15) is 0 Å². The van der Waals surface area contributed by atoms with Crippen LogP contribution in [-0.4, -0.2) is 11.9 Å². The molecular formula is C16H18N2O. The lowest BCUT2D eigenvalue weighted by Gasteiger charge is -2.14. The minimum atomic E-state index is -0.124. The Hall–Kier alpha value is -2.29. The molecule has 2 rings (SSSR count). The third-order valence-corrected chi connectivity index (χ3v) is 2.97.